The van der Waals surface area contributed by atoms with Crippen LogP contribution in [0, 0.1) is 25.4 Å². The lowest BCUT2D eigenvalue weighted by atomic mass is 10.1. The number of amides is 1. The van der Waals surface area contributed by atoms with Gasteiger partial charge in [-0.25, -0.2) is 8.78 Å². The van der Waals surface area contributed by atoms with Crippen LogP contribution < -0.4 is 14.8 Å². The molecule has 0 aliphatic rings. The van der Waals surface area contributed by atoms with E-state index in [1.807, 2.05) is 0 Å². The van der Waals surface area contributed by atoms with Gasteiger partial charge < -0.3 is 14.8 Å². The van der Waals surface area contributed by atoms with E-state index in [2.05, 4.69) is 15.0 Å². The largest absolute Gasteiger partial charge is 0.573 e. The molecule has 1 aromatic heterocycles. The first-order chi connectivity index (χ1) is 17.1. The van der Waals surface area contributed by atoms with Crippen molar-refractivity contribution in [3.05, 3.63) is 76.6 Å². The second kappa shape index (κ2) is 9.46. The number of carbonyl (C=O) groups is 2. The highest BCUT2D eigenvalue weighted by Gasteiger charge is 2.33. The van der Waals surface area contributed by atoms with Crippen molar-refractivity contribution < 1.29 is 45.1 Å². The first kappa shape index (κ1) is 20.6. The summed E-state index contributed by atoms with van der Waals surface area (Å²) in [5.41, 5.74) is -1.92. The van der Waals surface area contributed by atoms with Crippen molar-refractivity contribution in [3.63, 3.8) is 0 Å². The minimum absolute atomic E-state index is 0.00666. The van der Waals surface area contributed by atoms with Gasteiger partial charge in [0, 0.05) is 28.5 Å². The van der Waals surface area contributed by atoms with Gasteiger partial charge in [-0.1, -0.05) is 6.07 Å². The highest BCUT2D eigenvalue weighted by molar-refractivity contribution is 6.07. The van der Waals surface area contributed by atoms with Gasteiger partial charge in [0.05, 0.1) is 0 Å². The molecule has 178 valence electrons. The van der Waals surface area contributed by atoms with Crippen LogP contribution in [0.5, 0.6) is 17.2 Å². The van der Waals surface area contributed by atoms with Crippen LogP contribution in [-0.4, -0.2) is 23.0 Å². The standard InChI is InChI=1S/C23H17F5N2O4/c1-11-4-5-17(33-16-6-7-18(21(25)12(16)2)34-23(26,27)28)19(20(11)24)22(32)30-14-8-9-29-15(10-14)13(3)31/h4-10H,1-3H3,(H,29,30,32)/i2D3. The summed E-state index contributed by atoms with van der Waals surface area (Å²) >= 11 is 0. The molecule has 0 aliphatic heterocycles. The Bertz CT molecular complexity index is 1380. The lowest BCUT2D eigenvalue weighted by molar-refractivity contribution is -0.275. The Morgan fingerprint density at radius 1 is 1.03 bits per heavy atom. The molecule has 3 rings (SSSR count). The molecule has 34 heavy (non-hydrogen) atoms. The zero-order chi connectivity index (χ0) is 27.7. The van der Waals surface area contributed by atoms with Crippen molar-refractivity contribution in [2.24, 2.45) is 0 Å². The lowest BCUT2D eigenvalue weighted by Gasteiger charge is -2.17. The van der Waals surface area contributed by atoms with Gasteiger partial charge in [0.1, 0.15) is 28.6 Å². The number of nitrogens with one attached hydrogen (secondary N) is 1. The lowest BCUT2D eigenvalue weighted by Crippen LogP contribution is -2.18. The SMILES string of the molecule is [2H]C([2H])([2H])c1c(Oc2ccc(C)c(F)c2C(=O)Nc2ccnc(C(C)=O)c2)ccc(OC(F)(F)F)c1F. The smallest absolute Gasteiger partial charge is 0.456 e. The second-order valence-electron chi connectivity index (χ2n) is 6.91. The van der Waals surface area contributed by atoms with Crippen LogP contribution in [0.1, 0.15) is 43.0 Å². The number of aromatic nitrogens is 1. The minimum Gasteiger partial charge on any atom is -0.456 e. The number of alkyl halides is 3. The Balaban J connectivity index is 2.07. The Morgan fingerprint density at radius 3 is 2.35 bits per heavy atom. The fourth-order valence-corrected chi connectivity index (χ4v) is 2.80. The molecule has 0 fully saturated rings. The van der Waals surface area contributed by atoms with Crippen molar-refractivity contribution in [2.75, 3.05) is 5.32 Å². The molecule has 1 heterocycles. The number of benzene rings is 2. The third-order valence-electron chi connectivity index (χ3n) is 4.42. The van der Waals surface area contributed by atoms with Crippen molar-refractivity contribution >= 4 is 17.4 Å². The molecule has 0 unspecified atom stereocenters. The van der Waals surface area contributed by atoms with Gasteiger partial charge >= 0.3 is 6.36 Å². The fraction of sp³-hybridized carbons (Fsp3) is 0.174. The maximum absolute atomic E-state index is 15.1. The molecule has 0 radical (unpaired) electrons. The monoisotopic (exact) mass is 483 g/mol. The van der Waals surface area contributed by atoms with Gasteiger partial charge in [-0.05, 0) is 49.7 Å². The highest BCUT2D eigenvalue weighted by atomic mass is 19.4. The summed E-state index contributed by atoms with van der Waals surface area (Å²) in [4.78, 5) is 28.3. The molecule has 1 N–H and O–H groups in total. The number of nitrogens with zero attached hydrogens (tertiary/aromatic N) is 1. The minimum atomic E-state index is -5.31. The first-order valence-electron chi connectivity index (χ1n) is 10.9. The van der Waals surface area contributed by atoms with Crippen LogP contribution in [0.15, 0.2) is 42.6 Å². The predicted octanol–water partition coefficient (Wildman–Crippen LogP) is 6.12. The number of ketones is 1. The van der Waals surface area contributed by atoms with Gasteiger partial charge in [0.2, 0.25) is 0 Å². The van der Waals surface area contributed by atoms with Crippen molar-refractivity contribution in [1.29, 1.82) is 0 Å². The number of aryl methyl sites for hydroxylation is 1. The Kier molecular flexibility index (Phi) is 5.72. The molecular formula is C23H17F5N2O4. The summed E-state index contributed by atoms with van der Waals surface area (Å²) in [6.07, 6.45) is -4.08. The molecule has 0 saturated heterocycles. The highest BCUT2D eigenvalue weighted by Crippen LogP contribution is 2.36. The van der Waals surface area contributed by atoms with Crippen LogP contribution in [0.3, 0.4) is 0 Å². The van der Waals surface area contributed by atoms with E-state index in [1.165, 1.54) is 38.2 Å². The predicted molar refractivity (Wildman–Crippen MR) is 111 cm³/mol. The summed E-state index contributed by atoms with van der Waals surface area (Å²) < 4.78 is 99.2. The molecule has 0 atom stereocenters. The van der Waals surface area contributed by atoms with E-state index < -0.39 is 64.9 Å². The van der Waals surface area contributed by atoms with Gasteiger partial charge in [0.15, 0.2) is 17.3 Å². The van der Waals surface area contributed by atoms with E-state index in [9.17, 15) is 27.2 Å². The van der Waals surface area contributed by atoms with Crippen LogP contribution in [0.2, 0.25) is 0 Å². The van der Waals surface area contributed by atoms with Crippen molar-refractivity contribution in [3.8, 4) is 17.2 Å². The van der Waals surface area contributed by atoms with Crippen LogP contribution in [0.4, 0.5) is 27.6 Å². The van der Waals surface area contributed by atoms with Crippen molar-refractivity contribution in [1.82, 2.24) is 4.98 Å². The molecule has 3 aromatic rings. The van der Waals surface area contributed by atoms with Gasteiger partial charge in [-0.15, -0.1) is 13.2 Å². The van der Waals surface area contributed by atoms with E-state index in [1.54, 1.807) is 0 Å². The third kappa shape index (κ3) is 5.48. The number of halogens is 5. The average molecular weight is 483 g/mol. The molecular weight excluding hydrogens is 463 g/mol. The van der Waals surface area contributed by atoms with Gasteiger partial charge in [0.25, 0.3) is 5.91 Å². The van der Waals surface area contributed by atoms with E-state index in [0.717, 1.165) is 6.07 Å². The number of rotatable bonds is 6. The molecule has 2 aromatic carbocycles. The summed E-state index contributed by atoms with van der Waals surface area (Å²) in [7, 11) is 0. The summed E-state index contributed by atoms with van der Waals surface area (Å²) in [6, 6.07) is 6.01. The first-order valence-corrected chi connectivity index (χ1v) is 9.42. The summed E-state index contributed by atoms with van der Waals surface area (Å²) in [5.74, 6) is -7.20. The average Bonchev–Trinajstić information content (AvgIpc) is 2.76. The fourth-order valence-electron chi connectivity index (χ4n) is 2.80. The molecule has 6 nitrogen and oxygen atoms in total. The molecule has 0 spiro atoms. The van der Waals surface area contributed by atoms with Gasteiger partial charge in [-0.3, -0.25) is 14.6 Å². The number of pyridine rings is 1. The zero-order valence-electron chi connectivity index (χ0n) is 20.5. The molecule has 0 saturated carbocycles. The topological polar surface area (TPSA) is 77.5 Å². The molecule has 0 aliphatic carbocycles. The maximum Gasteiger partial charge on any atom is 0.573 e. The summed E-state index contributed by atoms with van der Waals surface area (Å²) in [6.45, 7) is -0.754. The normalized spacial score (nSPS) is 12.9. The van der Waals surface area contributed by atoms with E-state index in [4.69, 9.17) is 8.85 Å². The number of anilines is 1. The van der Waals surface area contributed by atoms with Crippen LogP contribution in [0.25, 0.3) is 0 Å². The number of hydrogen-bond acceptors (Lipinski definition) is 5. The van der Waals surface area contributed by atoms with E-state index in [0.29, 0.717) is 12.1 Å². The second-order valence-corrected chi connectivity index (χ2v) is 6.91. The quantitative estimate of drug-likeness (QED) is 0.338. The molecule has 11 heteroatoms. The van der Waals surface area contributed by atoms with Crippen LogP contribution in [-0.2, 0) is 0 Å². The number of Topliss-reactive ketones (excluding diaryl/α,β-unsaturated/α-hetero) is 1. The van der Waals surface area contributed by atoms with E-state index >= 15 is 4.39 Å². The van der Waals surface area contributed by atoms with Crippen LogP contribution >= 0.6 is 0 Å². The molecule has 0 bridgehead atoms. The Hall–Kier alpha value is -4.02. The third-order valence-corrected chi connectivity index (χ3v) is 4.42. The molecule has 1 amide bonds. The van der Waals surface area contributed by atoms with Gasteiger partial charge in [-0.2, -0.15) is 0 Å². The number of ether oxygens (including phenoxy) is 2. The van der Waals surface area contributed by atoms with E-state index in [-0.39, 0.29) is 16.9 Å². The maximum atomic E-state index is 15.1. The number of carbonyl (C=O) groups excluding carboxylic acids is 2. The Labute approximate surface area is 194 Å². The van der Waals surface area contributed by atoms with Crippen molar-refractivity contribution in [2.45, 2.75) is 27.1 Å². The summed E-state index contributed by atoms with van der Waals surface area (Å²) in [5, 5.41) is 2.36. The Morgan fingerprint density at radius 2 is 1.71 bits per heavy atom. The zero-order valence-corrected chi connectivity index (χ0v) is 17.5. The number of hydrogen-bond donors (Lipinski definition) is 1.